The molecule has 0 radical (unpaired) electrons. The van der Waals surface area contributed by atoms with Gasteiger partial charge in [-0.1, -0.05) is 11.8 Å². The van der Waals surface area contributed by atoms with Crippen LogP contribution in [0, 0.1) is 0 Å². The molecule has 1 aromatic carbocycles. The van der Waals surface area contributed by atoms with Crippen LogP contribution in [0.1, 0.15) is 32.3 Å². The van der Waals surface area contributed by atoms with Gasteiger partial charge < -0.3 is 9.64 Å². The highest BCUT2D eigenvalue weighted by molar-refractivity contribution is 7.99. The van der Waals surface area contributed by atoms with Crippen molar-refractivity contribution in [2.24, 2.45) is 0 Å². The van der Waals surface area contributed by atoms with Crippen molar-refractivity contribution in [2.45, 2.75) is 42.9 Å². The number of fused-ring (bicyclic) bond motifs is 1. The van der Waals surface area contributed by atoms with Gasteiger partial charge >= 0.3 is 0 Å². The van der Waals surface area contributed by atoms with Gasteiger partial charge in [0.2, 0.25) is 5.91 Å². The lowest BCUT2D eigenvalue weighted by atomic mass is 9.98. The molecule has 0 unspecified atom stereocenters. The van der Waals surface area contributed by atoms with Crippen LogP contribution < -0.4 is 4.74 Å². The Morgan fingerprint density at radius 2 is 2.14 bits per heavy atom. The number of carbonyl (C=O) groups excluding carboxylic acids is 1. The van der Waals surface area contributed by atoms with Crippen LogP contribution in [0.25, 0.3) is 5.70 Å². The lowest BCUT2D eigenvalue weighted by Gasteiger charge is -2.34. The van der Waals surface area contributed by atoms with E-state index in [4.69, 9.17) is 4.74 Å². The van der Waals surface area contributed by atoms with E-state index in [1.807, 2.05) is 19.9 Å². The molecule has 2 heterocycles. The fourth-order valence-corrected chi connectivity index (χ4v) is 3.36. The molecule has 0 spiro atoms. The SMILES string of the molecule is CC1(C)C=C(N2CCCC2=O)c2cc(SC(F)F)ccc2O1. The van der Waals surface area contributed by atoms with E-state index in [9.17, 15) is 13.6 Å². The van der Waals surface area contributed by atoms with Crippen LogP contribution in [0.4, 0.5) is 8.78 Å². The van der Waals surface area contributed by atoms with Crippen molar-refractivity contribution < 1.29 is 18.3 Å². The molecule has 2 aliphatic rings. The topological polar surface area (TPSA) is 29.5 Å². The zero-order valence-corrected chi connectivity index (χ0v) is 13.3. The van der Waals surface area contributed by atoms with E-state index >= 15 is 0 Å². The Morgan fingerprint density at radius 3 is 2.77 bits per heavy atom. The Balaban J connectivity index is 2.04. The van der Waals surface area contributed by atoms with Gasteiger partial charge in [-0.2, -0.15) is 8.78 Å². The van der Waals surface area contributed by atoms with Crippen LogP contribution in [-0.4, -0.2) is 28.7 Å². The minimum absolute atomic E-state index is 0.0711. The summed E-state index contributed by atoms with van der Waals surface area (Å²) in [7, 11) is 0. The number of thioether (sulfide) groups is 1. The molecule has 0 atom stereocenters. The summed E-state index contributed by atoms with van der Waals surface area (Å²) in [6, 6.07) is 5.01. The average molecular weight is 325 g/mol. The Hall–Kier alpha value is -1.56. The van der Waals surface area contributed by atoms with Crippen LogP contribution >= 0.6 is 11.8 Å². The van der Waals surface area contributed by atoms with Gasteiger partial charge in [0.15, 0.2) is 0 Å². The van der Waals surface area contributed by atoms with Gasteiger partial charge in [-0.15, -0.1) is 0 Å². The number of rotatable bonds is 3. The Kier molecular flexibility index (Phi) is 3.89. The first-order valence-electron chi connectivity index (χ1n) is 7.17. The summed E-state index contributed by atoms with van der Waals surface area (Å²) in [6.07, 6.45) is 3.24. The normalized spacial score (nSPS) is 20.0. The third-order valence-corrected chi connectivity index (χ3v) is 4.38. The van der Waals surface area contributed by atoms with E-state index in [0.717, 1.165) is 12.1 Å². The Labute approximate surface area is 132 Å². The fraction of sp³-hybridized carbons (Fsp3) is 0.438. The maximum atomic E-state index is 12.6. The number of carbonyl (C=O) groups is 1. The molecule has 1 saturated heterocycles. The Morgan fingerprint density at radius 1 is 1.36 bits per heavy atom. The summed E-state index contributed by atoms with van der Waals surface area (Å²) < 4.78 is 31.1. The molecule has 1 aromatic rings. The average Bonchev–Trinajstić information content (AvgIpc) is 2.83. The molecular formula is C16H17F2NO2S. The molecule has 2 aliphatic heterocycles. The standard InChI is InChI=1S/C16H17F2NO2S/c1-16(2)9-12(19-7-3-4-14(19)20)11-8-10(22-15(17)18)5-6-13(11)21-16/h5-6,8-9,15H,3-4,7H2,1-2H3. The zero-order valence-electron chi connectivity index (χ0n) is 12.4. The number of hydrogen-bond donors (Lipinski definition) is 0. The molecular weight excluding hydrogens is 308 g/mol. The monoisotopic (exact) mass is 325 g/mol. The third-order valence-electron chi connectivity index (χ3n) is 3.67. The van der Waals surface area contributed by atoms with Crippen LogP contribution in [0.2, 0.25) is 0 Å². The number of amides is 1. The van der Waals surface area contributed by atoms with Crippen molar-refractivity contribution in [2.75, 3.05) is 6.54 Å². The van der Waals surface area contributed by atoms with Gasteiger partial charge in [0, 0.05) is 23.4 Å². The van der Waals surface area contributed by atoms with Crippen molar-refractivity contribution in [1.29, 1.82) is 0 Å². The van der Waals surface area contributed by atoms with Crippen molar-refractivity contribution >= 4 is 23.4 Å². The number of likely N-dealkylation sites (tertiary alicyclic amines) is 1. The van der Waals surface area contributed by atoms with Crippen LogP contribution in [0.5, 0.6) is 5.75 Å². The summed E-state index contributed by atoms with van der Waals surface area (Å²) in [6.45, 7) is 4.49. The quantitative estimate of drug-likeness (QED) is 0.783. The summed E-state index contributed by atoms with van der Waals surface area (Å²) in [5.74, 6) is -1.78. The highest BCUT2D eigenvalue weighted by atomic mass is 32.2. The molecule has 118 valence electrons. The molecule has 22 heavy (non-hydrogen) atoms. The van der Waals surface area contributed by atoms with Gasteiger partial charge in [0.1, 0.15) is 11.4 Å². The minimum Gasteiger partial charge on any atom is -0.483 e. The van der Waals surface area contributed by atoms with Gasteiger partial charge in [-0.05, 0) is 44.5 Å². The second-order valence-electron chi connectivity index (χ2n) is 5.92. The predicted octanol–water partition coefficient (Wildman–Crippen LogP) is 4.14. The molecule has 6 heteroatoms. The van der Waals surface area contributed by atoms with E-state index in [2.05, 4.69) is 0 Å². The lowest BCUT2D eigenvalue weighted by molar-refractivity contribution is -0.124. The largest absolute Gasteiger partial charge is 0.483 e. The van der Waals surface area contributed by atoms with E-state index in [1.54, 1.807) is 23.1 Å². The van der Waals surface area contributed by atoms with Crippen molar-refractivity contribution in [1.82, 2.24) is 4.90 Å². The smallest absolute Gasteiger partial charge is 0.288 e. The number of nitrogens with zero attached hydrogens (tertiary/aromatic N) is 1. The molecule has 0 N–H and O–H groups in total. The number of hydrogen-bond acceptors (Lipinski definition) is 3. The first-order chi connectivity index (χ1) is 10.4. The van der Waals surface area contributed by atoms with Crippen molar-refractivity contribution in [3.63, 3.8) is 0 Å². The zero-order chi connectivity index (χ0) is 15.9. The molecule has 0 saturated carbocycles. The summed E-state index contributed by atoms with van der Waals surface area (Å²) in [5.41, 5.74) is 0.938. The highest BCUT2D eigenvalue weighted by Crippen LogP contribution is 2.41. The van der Waals surface area contributed by atoms with E-state index in [1.165, 1.54) is 0 Å². The van der Waals surface area contributed by atoms with Crippen molar-refractivity contribution in [3.05, 3.63) is 29.8 Å². The molecule has 0 aromatic heterocycles. The van der Waals surface area contributed by atoms with E-state index < -0.39 is 11.4 Å². The van der Waals surface area contributed by atoms with Crippen LogP contribution in [0.3, 0.4) is 0 Å². The van der Waals surface area contributed by atoms with Gasteiger partial charge in [0.05, 0.1) is 5.70 Å². The van der Waals surface area contributed by atoms with Crippen molar-refractivity contribution in [3.8, 4) is 5.75 Å². The predicted molar refractivity (Wildman–Crippen MR) is 81.9 cm³/mol. The summed E-state index contributed by atoms with van der Waals surface area (Å²) in [4.78, 5) is 14.3. The van der Waals surface area contributed by atoms with Gasteiger partial charge in [0.25, 0.3) is 5.76 Å². The maximum absolute atomic E-state index is 12.6. The molecule has 3 nitrogen and oxygen atoms in total. The highest BCUT2D eigenvalue weighted by Gasteiger charge is 2.33. The third kappa shape index (κ3) is 2.97. The van der Waals surface area contributed by atoms with E-state index in [0.29, 0.717) is 40.9 Å². The number of halogens is 2. The minimum atomic E-state index is -2.47. The van der Waals surface area contributed by atoms with Crippen LogP contribution in [-0.2, 0) is 4.79 Å². The number of alkyl halides is 2. The van der Waals surface area contributed by atoms with Gasteiger partial charge in [-0.3, -0.25) is 4.79 Å². The molecule has 1 amide bonds. The second kappa shape index (κ2) is 5.57. The number of benzene rings is 1. The van der Waals surface area contributed by atoms with E-state index in [-0.39, 0.29) is 5.91 Å². The molecule has 0 aliphatic carbocycles. The fourth-order valence-electron chi connectivity index (χ4n) is 2.82. The second-order valence-corrected chi connectivity index (χ2v) is 6.98. The first kappa shape index (κ1) is 15.3. The molecule has 0 bridgehead atoms. The lowest BCUT2D eigenvalue weighted by Crippen LogP contribution is -2.34. The molecule has 3 rings (SSSR count). The Bertz CT molecular complexity index is 643. The maximum Gasteiger partial charge on any atom is 0.288 e. The summed E-state index contributed by atoms with van der Waals surface area (Å²) in [5, 5.41) is 0. The van der Waals surface area contributed by atoms with Gasteiger partial charge in [-0.25, -0.2) is 0 Å². The van der Waals surface area contributed by atoms with Crippen LogP contribution in [0.15, 0.2) is 29.2 Å². The number of ether oxygens (including phenoxy) is 1. The first-order valence-corrected chi connectivity index (χ1v) is 8.05. The summed E-state index contributed by atoms with van der Waals surface area (Å²) >= 11 is 0.497. The molecule has 1 fully saturated rings.